The predicted molar refractivity (Wildman–Crippen MR) is 76.6 cm³/mol. The van der Waals surface area contributed by atoms with Crippen molar-refractivity contribution in [3.05, 3.63) is 58.9 Å². The molecular formula is C16H16ClFO. The van der Waals surface area contributed by atoms with Gasteiger partial charge in [0.15, 0.2) is 11.6 Å². The van der Waals surface area contributed by atoms with Crippen molar-refractivity contribution in [2.45, 2.75) is 26.2 Å². The largest absolute Gasteiger partial charge is 0.454 e. The summed E-state index contributed by atoms with van der Waals surface area (Å²) >= 11 is 5.79. The van der Waals surface area contributed by atoms with Crippen molar-refractivity contribution in [1.82, 2.24) is 0 Å². The van der Waals surface area contributed by atoms with E-state index in [0.29, 0.717) is 10.8 Å². The van der Waals surface area contributed by atoms with Crippen molar-refractivity contribution in [3.63, 3.8) is 0 Å². The summed E-state index contributed by atoms with van der Waals surface area (Å²) in [5.74, 6) is 0.421. The molecule has 0 amide bonds. The SMILES string of the molecule is CC(C)(C)c1ccc(Oc2ccc(Cl)cc2)c(F)c1. The van der Waals surface area contributed by atoms with Crippen LogP contribution in [0.2, 0.25) is 5.02 Å². The highest BCUT2D eigenvalue weighted by molar-refractivity contribution is 6.30. The molecule has 0 unspecified atom stereocenters. The Hall–Kier alpha value is -1.54. The Morgan fingerprint density at radius 3 is 2.16 bits per heavy atom. The summed E-state index contributed by atoms with van der Waals surface area (Å²) in [5.41, 5.74) is 0.855. The van der Waals surface area contributed by atoms with Crippen LogP contribution in [0.15, 0.2) is 42.5 Å². The van der Waals surface area contributed by atoms with E-state index in [-0.39, 0.29) is 17.0 Å². The molecule has 0 heterocycles. The lowest BCUT2D eigenvalue weighted by molar-refractivity contribution is 0.439. The van der Waals surface area contributed by atoms with Gasteiger partial charge in [0.25, 0.3) is 0 Å². The van der Waals surface area contributed by atoms with Crippen LogP contribution in [0.5, 0.6) is 11.5 Å². The molecule has 2 aromatic carbocycles. The normalized spacial score (nSPS) is 11.4. The van der Waals surface area contributed by atoms with Gasteiger partial charge in [-0.1, -0.05) is 38.4 Å². The number of rotatable bonds is 2. The maximum atomic E-state index is 14.0. The molecule has 0 spiro atoms. The third-order valence-corrected chi connectivity index (χ3v) is 3.09. The topological polar surface area (TPSA) is 9.23 Å². The molecule has 0 aliphatic carbocycles. The number of ether oxygens (including phenoxy) is 1. The van der Waals surface area contributed by atoms with Gasteiger partial charge in [0.05, 0.1) is 0 Å². The van der Waals surface area contributed by atoms with Crippen molar-refractivity contribution < 1.29 is 9.13 Å². The zero-order valence-corrected chi connectivity index (χ0v) is 12.0. The first-order valence-corrected chi connectivity index (χ1v) is 6.47. The van der Waals surface area contributed by atoms with E-state index in [4.69, 9.17) is 16.3 Å². The van der Waals surface area contributed by atoms with Gasteiger partial charge in [0, 0.05) is 5.02 Å². The van der Waals surface area contributed by atoms with E-state index >= 15 is 0 Å². The van der Waals surface area contributed by atoms with E-state index in [0.717, 1.165) is 5.56 Å². The van der Waals surface area contributed by atoms with Gasteiger partial charge in [-0.05, 0) is 47.4 Å². The number of benzene rings is 2. The Balaban J connectivity index is 2.24. The van der Waals surface area contributed by atoms with E-state index in [1.165, 1.54) is 6.07 Å². The minimum atomic E-state index is -0.359. The Bertz CT molecular complexity index is 570. The molecule has 1 nitrogen and oxygen atoms in total. The zero-order valence-electron chi connectivity index (χ0n) is 11.2. The summed E-state index contributed by atoms with van der Waals surface area (Å²) in [6, 6.07) is 11.9. The molecule has 0 fully saturated rings. The molecule has 19 heavy (non-hydrogen) atoms. The zero-order chi connectivity index (χ0) is 14.0. The van der Waals surface area contributed by atoms with Gasteiger partial charge in [0.2, 0.25) is 0 Å². The lowest BCUT2D eigenvalue weighted by Crippen LogP contribution is -2.11. The van der Waals surface area contributed by atoms with Crippen molar-refractivity contribution in [1.29, 1.82) is 0 Å². The first-order valence-electron chi connectivity index (χ1n) is 6.10. The molecular weight excluding hydrogens is 263 g/mol. The first kappa shape index (κ1) is 13.9. The maximum absolute atomic E-state index is 14.0. The van der Waals surface area contributed by atoms with Gasteiger partial charge in [-0.15, -0.1) is 0 Å². The van der Waals surface area contributed by atoms with Gasteiger partial charge in [-0.3, -0.25) is 0 Å². The molecule has 0 bridgehead atoms. The second-order valence-corrected chi connectivity index (χ2v) is 5.89. The van der Waals surface area contributed by atoms with Gasteiger partial charge in [0.1, 0.15) is 5.75 Å². The highest BCUT2D eigenvalue weighted by Crippen LogP contribution is 2.30. The summed E-state index contributed by atoms with van der Waals surface area (Å²) in [5, 5.41) is 0.621. The summed E-state index contributed by atoms with van der Waals surface area (Å²) in [4.78, 5) is 0. The Morgan fingerprint density at radius 2 is 1.63 bits per heavy atom. The third-order valence-electron chi connectivity index (χ3n) is 2.84. The van der Waals surface area contributed by atoms with Gasteiger partial charge >= 0.3 is 0 Å². The number of hydrogen-bond acceptors (Lipinski definition) is 1. The number of hydrogen-bond donors (Lipinski definition) is 0. The van der Waals surface area contributed by atoms with Crippen molar-refractivity contribution in [3.8, 4) is 11.5 Å². The van der Waals surface area contributed by atoms with E-state index in [2.05, 4.69) is 0 Å². The molecule has 3 heteroatoms. The Labute approximate surface area is 118 Å². The molecule has 0 aliphatic rings. The lowest BCUT2D eigenvalue weighted by atomic mass is 9.87. The molecule has 0 aliphatic heterocycles. The average Bonchev–Trinajstić information content (AvgIpc) is 2.33. The quantitative estimate of drug-likeness (QED) is 0.698. The average molecular weight is 279 g/mol. The van der Waals surface area contributed by atoms with E-state index < -0.39 is 0 Å². The third kappa shape index (κ3) is 3.48. The Morgan fingerprint density at radius 1 is 1.00 bits per heavy atom. The highest BCUT2D eigenvalue weighted by Gasteiger charge is 2.16. The standard InChI is InChI=1S/C16H16ClFO/c1-16(2,3)11-4-9-15(14(18)10-11)19-13-7-5-12(17)6-8-13/h4-10H,1-3H3. The van der Waals surface area contributed by atoms with Crippen LogP contribution in [0.4, 0.5) is 4.39 Å². The number of halogens is 2. The van der Waals surface area contributed by atoms with Crippen LogP contribution in [-0.4, -0.2) is 0 Å². The smallest absolute Gasteiger partial charge is 0.166 e. The maximum Gasteiger partial charge on any atom is 0.166 e. The van der Waals surface area contributed by atoms with Gasteiger partial charge in [-0.25, -0.2) is 4.39 Å². The van der Waals surface area contributed by atoms with Crippen LogP contribution in [0.25, 0.3) is 0 Å². The van der Waals surface area contributed by atoms with Gasteiger partial charge in [-0.2, -0.15) is 0 Å². The second kappa shape index (κ2) is 5.22. The van der Waals surface area contributed by atoms with Crippen LogP contribution in [-0.2, 0) is 5.41 Å². The molecule has 0 radical (unpaired) electrons. The Kier molecular flexibility index (Phi) is 3.81. The summed E-state index contributed by atoms with van der Waals surface area (Å²) in [6.45, 7) is 6.13. The van der Waals surface area contributed by atoms with Crippen molar-refractivity contribution >= 4 is 11.6 Å². The van der Waals surface area contributed by atoms with Crippen LogP contribution < -0.4 is 4.74 Å². The molecule has 0 N–H and O–H groups in total. The lowest BCUT2D eigenvalue weighted by Gasteiger charge is -2.19. The van der Waals surface area contributed by atoms with E-state index in [9.17, 15) is 4.39 Å². The highest BCUT2D eigenvalue weighted by atomic mass is 35.5. The van der Waals surface area contributed by atoms with Crippen LogP contribution in [0.3, 0.4) is 0 Å². The fourth-order valence-electron chi connectivity index (χ4n) is 1.68. The fraction of sp³-hybridized carbons (Fsp3) is 0.250. The van der Waals surface area contributed by atoms with Crippen LogP contribution in [0.1, 0.15) is 26.3 Å². The molecule has 0 saturated carbocycles. The predicted octanol–water partition coefficient (Wildman–Crippen LogP) is 5.57. The first-order chi connectivity index (χ1) is 8.86. The molecule has 2 rings (SSSR count). The monoisotopic (exact) mass is 278 g/mol. The van der Waals surface area contributed by atoms with Crippen LogP contribution in [0, 0.1) is 5.82 Å². The molecule has 0 atom stereocenters. The van der Waals surface area contributed by atoms with Gasteiger partial charge < -0.3 is 4.74 Å². The van der Waals surface area contributed by atoms with Crippen LogP contribution >= 0.6 is 11.6 Å². The van der Waals surface area contributed by atoms with Crippen molar-refractivity contribution in [2.24, 2.45) is 0 Å². The fourth-order valence-corrected chi connectivity index (χ4v) is 1.81. The molecule has 100 valence electrons. The molecule has 0 aromatic heterocycles. The summed E-state index contributed by atoms with van der Waals surface area (Å²) < 4.78 is 19.5. The minimum absolute atomic E-state index is 0.0837. The second-order valence-electron chi connectivity index (χ2n) is 5.45. The van der Waals surface area contributed by atoms with E-state index in [1.807, 2.05) is 26.8 Å². The molecule has 2 aromatic rings. The minimum Gasteiger partial charge on any atom is -0.454 e. The summed E-state index contributed by atoms with van der Waals surface area (Å²) in [7, 11) is 0. The van der Waals surface area contributed by atoms with Crippen molar-refractivity contribution in [2.75, 3.05) is 0 Å². The summed E-state index contributed by atoms with van der Waals surface area (Å²) in [6.07, 6.45) is 0. The van der Waals surface area contributed by atoms with E-state index in [1.54, 1.807) is 30.3 Å². The molecule has 0 saturated heterocycles.